The third kappa shape index (κ3) is 3.44. The quantitative estimate of drug-likeness (QED) is 0.915. The Balaban J connectivity index is 1.65. The molecule has 132 valence electrons. The molecule has 0 aliphatic carbocycles. The third-order valence-electron chi connectivity index (χ3n) is 5.05. The van der Waals surface area contributed by atoms with Gasteiger partial charge >= 0.3 is 0 Å². The fourth-order valence-corrected chi connectivity index (χ4v) is 3.95. The molecular weight excluding hydrogens is 334 g/mol. The summed E-state index contributed by atoms with van der Waals surface area (Å²) >= 11 is 1.57. The molecule has 1 aliphatic rings. The van der Waals surface area contributed by atoms with E-state index in [4.69, 9.17) is 0 Å². The van der Waals surface area contributed by atoms with E-state index >= 15 is 0 Å². The smallest absolute Gasteiger partial charge is 0.226 e. The minimum Gasteiger partial charge on any atom is -0.350 e. The first kappa shape index (κ1) is 17.6. The average molecular weight is 357 g/mol. The van der Waals surface area contributed by atoms with Crippen LogP contribution in [0.5, 0.6) is 0 Å². The van der Waals surface area contributed by atoms with Gasteiger partial charge in [0.25, 0.3) is 0 Å². The molecular formula is C19H23N3O2S. The zero-order valence-electron chi connectivity index (χ0n) is 15.0. The van der Waals surface area contributed by atoms with Crippen LogP contribution < -0.4 is 5.32 Å². The molecule has 0 spiro atoms. The topological polar surface area (TPSA) is 62.3 Å². The third-order valence-corrected chi connectivity index (χ3v) is 5.99. The number of amides is 2. The van der Waals surface area contributed by atoms with Crippen molar-refractivity contribution in [2.75, 3.05) is 7.05 Å². The molecule has 6 heteroatoms. The summed E-state index contributed by atoms with van der Waals surface area (Å²) in [7, 11) is 1.75. The normalized spacial score (nSPS) is 19.3. The highest BCUT2D eigenvalue weighted by molar-refractivity contribution is 7.13. The molecule has 3 rings (SSSR count). The number of rotatable bonds is 4. The summed E-state index contributed by atoms with van der Waals surface area (Å²) < 4.78 is 0. The van der Waals surface area contributed by atoms with E-state index in [-0.39, 0.29) is 24.2 Å². The van der Waals surface area contributed by atoms with Gasteiger partial charge in [0.2, 0.25) is 11.8 Å². The Bertz CT molecular complexity index is 813. The first-order valence-electron chi connectivity index (χ1n) is 8.35. The molecule has 1 saturated heterocycles. The molecule has 0 saturated carbocycles. The zero-order valence-corrected chi connectivity index (χ0v) is 15.8. The van der Waals surface area contributed by atoms with E-state index in [1.165, 1.54) is 5.56 Å². The highest BCUT2D eigenvalue weighted by atomic mass is 32.1. The van der Waals surface area contributed by atoms with Crippen LogP contribution in [0.15, 0.2) is 29.6 Å². The Morgan fingerprint density at radius 2 is 2.20 bits per heavy atom. The van der Waals surface area contributed by atoms with Crippen LogP contribution in [0.25, 0.3) is 10.6 Å². The van der Waals surface area contributed by atoms with Crippen LogP contribution in [-0.2, 0) is 16.1 Å². The van der Waals surface area contributed by atoms with Crippen molar-refractivity contribution in [2.24, 2.45) is 5.92 Å². The van der Waals surface area contributed by atoms with Gasteiger partial charge in [0.15, 0.2) is 0 Å². The molecule has 0 radical (unpaired) electrons. The summed E-state index contributed by atoms with van der Waals surface area (Å²) in [4.78, 5) is 30.7. The van der Waals surface area contributed by atoms with Crippen LogP contribution in [0.4, 0.5) is 0 Å². The van der Waals surface area contributed by atoms with Crippen molar-refractivity contribution in [1.29, 1.82) is 0 Å². The van der Waals surface area contributed by atoms with E-state index in [1.807, 2.05) is 31.4 Å². The van der Waals surface area contributed by atoms with Crippen LogP contribution in [0.1, 0.15) is 31.5 Å². The van der Waals surface area contributed by atoms with E-state index in [2.05, 4.69) is 29.4 Å². The SMILES string of the molecule is Cc1cccc(-c2nc(CNC(=O)[C@H]3CC(=O)N(C)C3(C)C)cs2)c1. The lowest BCUT2D eigenvalue weighted by Gasteiger charge is -2.32. The molecule has 1 aromatic heterocycles. The van der Waals surface area contributed by atoms with Crippen molar-refractivity contribution >= 4 is 23.2 Å². The maximum Gasteiger partial charge on any atom is 0.226 e. The number of aryl methyl sites for hydroxylation is 1. The van der Waals surface area contributed by atoms with Crippen molar-refractivity contribution in [1.82, 2.24) is 15.2 Å². The number of benzene rings is 1. The summed E-state index contributed by atoms with van der Waals surface area (Å²) in [5, 5.41) is 5.86. The molecule has 1 fully saturated rings. The van der Waals surface area contributed by atoms with Crippen molar-refractivity contribution < 1.29 is 9.59 Å². The van der Waals surface area contributed by atoms with Crippen molar-refractivity contribution in [3.63, 3.8) is 0 Å². The van der Waals surface area contributed by atoms with E-state index in [1.54, 1.807) is 23.3 Å². The van der Waals surface area contributed by atoms with Gasteiger partial charge in [-0.25, -0.2) is 4.98 Å². The van der Waals surface area contributed by atoms with E-state index in [9.17, 15) is 9.59 Å². The highest BCUT2D eigenvalue weighted by Crippen LogP contribution is 2.34. The number of thiazole rings is 1. The fourth-order valence-electron chi connectivity index (χ4n) is 3.13. The van der Waals surface area contributed by atoms with E-state index in [0.29, 0.717) is 6.54 Å². The van der Waals surface area contributed by atoms with Gasteiger partial charge < -0.3 is 10.2 Å². The number of nitrogens with zero attached hydrogens (tertiary/aromatic N) is 2. The number of hydrogen-bond donors (Lipinski definition) is 1. The van der Waals surface area contributed by atoms with Crippen LogP contribution in [-0.4, -0.2) is 34.3 Å². The number of aromatic nitrogens is 1. The number of hydrogen-bond acceptors (Lipinski definition) is 4. The van der Waals surface area contributed by atoms with Crippen LogP contribution in [0, 0.1) is 12.8 Å². The lowest BCUT2D eigenvalue weighted by Crippen LogP contribution is -2.46. The van der Waals surface area contributed by atoms with Gasteiger partial charge in [0.05, 0.1) is 18.2 Å². The monoisotopic (exact) mass is 357 g/mol. The second-order valence-corrected chi connectivity index (χ2v) is 7.95. The van der Waals surface area contributed by atoms with Crippen molar-refractivity contribution in [2.45, 2.75) is 39.3 Å². The Labute approximate surface area is 152 Å². The van der Waals surface area contributed by atoms with E-state index < -0.39 is 5.54 Å². The molecule has 1 N–H and O–H groups in total. The highest BCUT2D eigenvalue weighted by Gasteiger charge is 2.47. The average Bonchev–Trinajstić information content (AvgIpc) is 3.12. The largest absolute Gasteiger partial charge is 0.350 e. The maximum atomic E-state index is 12.5. The molecule has 25 heavy (non-hydrogen) atoms. The van der Waals surface area contributed by atoms with Crippen LogP contribution in [0.3, 0.4) is 0 Å². The Morgan fingerprint density at radius 3 is 2.84 bits per heavy atom. The number of carbonyl (C=O) groups is 2. The lowest BCUT2D eigenvalue weighted by atomic mass is 9.88. The van der Waals surface area contributed by atoms with Crippen LogP contribution in [0.2, 0.25) is 0 Å². The second kappa shape index (κ2) is 6.59. The first-order valence-corrected chi connectivity index (χ1v) is 9.23. The molecule has 5 nitrogen and oxygen atoms in total. The van der Waals surface area contributed by atoms with Gasteiger partial charge in [-0.1, -0.05) is 23.8 Å². The first-order chi connectivity index (χ1) is 11.8. The molecule has 0 unspecified atom stereocenters. The molecule has 2 aromatic rings. The van der Waals surface area contributed by atoms with E-state index in [0.717, 1.165) is 16.3 Å². The predicted octanol–water partition coefficient (Wildman–Crippen LogP) is 2.99. The number of likely N-dealkylation sites (tertiary alicyclic amines) is 1. The van der Waals surface area contributed by atoms with Crippen molar-refractivity contribution in [3.05, 3.63) is 40.9 Å². The zero-order chi connectivity index (χ0) is 18.2. The van der Waals surface area contributed by atoms with Crippen LogP contribution >= 0.6 is 11.3 Å². The Morgan fingerprint density at radius 1 is 1.44 bits per heavy atom. The van der Waals surface area contributed by atoms with Gasteiger partial charge in [-0.2, -0.15) is 0 Å². The molecule has 1 aliphatic heterocycles. The summed E-state index contributed by atoms with van der Waals surface area (Å²) in [6.07, 6.45) is 0.265. The molecule has 1 aromatic carbocycles. The summed E-state index contributed by atoms with van der Waals surface area (Å²) in [5.41, 5.74) is 2.66. The van der Waals surface area contributed by atoms with Gasteiger partial charge in [-0.3, -0.25) is 9.59 Å². The minimum atomic E-state index is -0.462. The van der Waals surface area contributed by atoms with Gasteiger partial charge in [0, 0.05) is 30.0 Å². The molecule has 0 bridgehead atoms. The minimum absolute atomic E-state index is 0.0144. The number of nitrogens with one attached hydrogen (secondary N) is 1. The Hall–Kier alpha value is -2.21. The molecule has 2 heterocycles. The Kier molecular flexibility index (Phi) is 4.64. The maximum absolute atomic E-state index is 12.5. The number of carbonyl (C=O) groups excluding carboxylic acids is 2. The second-order valence-electron chi connectivity index (χ2n) is 7.09. The predicted molar refractivity (Wildman–Crippen MR) is 99.1 cm³/mol. The van der Waals surface area contributed by atoms with Gasteiger partial charge in [0.1, 0.15) is 5.01 Å². The lowest BCUT2D eigenvalue weighted by molar-refractivity contribution is -0.128. The summed E-state index contributed by atoms with van der Waals surface area (Å²) in [6.45, 7) is 6.30. The van der Waals surface area contributed by atoms with Crippen molar-refractivity contribution in [3.8, 4) is 10.6 Å². The van der Waals surface area contributed by atoms with Gasteiger partial charge in [-0.15, -0.1) is 11.3 Å². The summed E-state index contributed by atoms with van der Waals surface area (Å²) in [6, 6.07) is 8.21. The summed E-state index contributed by atoms with van der Waals surface area (Å²) in [5.74, 6) is -0.409. The molecule has 2 amide bonds. The van der Waals surface area contributed by atoms with Gasteiger partial charge in [-0.05, 0) is 26.8 Å². The molecule has 1 atom stereocenters. The fraction of sp³-hybridized carbons (Fsp3) is 0.421. The standard InChI is InChI=1S/C19H23N3O2S/c1-12-6-5-7-13(8-12)18-21-14(11-25-18)10-20-17(24)15-9-16(23)22(4)19(15,2)3/h5-8,11,15H,9-10H2,1-4H3,(H,20,24)/t15-/m1/s1.